The smallest absolute Gasteiger partial charge is 0.221 e. The highest BCUT2D eigenvalue weighted by Crippen LogP contribution is 1.95. The standard InChI is InChI=1S/C15H18N4O/c20-15(19-12-14-3-1-2-7-18-14)6-10-17-11-13-4-8-16-9-5-13/h1-5,7-9,17H,6,10-12H2,(H,19,20). The maximum Gasteiger partial charge on any atom is 0.221 e. The number of aromatic nitrogens is 2. The summed E-state index contributed by atoms with van der Waals surface area (Å²) in [7, 11) is 0. The molecular formula is C15H18N4O. The van der Waals surface area contributed by atoms with Crippen molar-refractivity contribution in [3.05, 3.63) is 60.2 Å². The van der Waals surface area contributed by atoms with E-state index >= 15 is 0 Å². The van der Waals surface area contributed by atoms with E-state index in [4.69, 9.17) is 0 Å². The van der Waals surface area contributed by atoms with Crippen LogP contribution in [-0.2, 0) is 17.9 Å². The van der Waals surface area contributed by atoms with Gasteiger partial charge in [-0.3, -0.25) is 14.8 Å². The maximum atomic E-state index is 11.6. The fourth-order valence-electron chi connectivity index (χ4n) is 1.72. The third-order valence-electron chi connectivity index (χ3n) is 2.80. The Morgan fingerprint density at radius 2 is 1.90 bits per heavy atom. The van der Waals surface area contributed by atoms with Gasteiger partial charge >= 0.3 is 0 Å². The molecule has 0 fully saturated rings. The molecule has 2 aromatic rings. The summed E-state index contributed by atoms with van der Waals surface area (Å²) in [5.41, 5.74) is 2.03. The van der Waals surface area contributed by atoms with Gasteiger partial charge < -0.3 is 10.6 Å². The molecule has 2 N–H and O–H groups in total. The second-order valence-corrected chi connectivity index (χ2v) is 4.38. The van der Waals surface area contributed by atoms with Gasteiger partial charge in [-0.05, 0) is 29.8 Å². The highest BCUT2D eigenvalue weighted by atomic mass is 16.1. The Kier molecular flexibility index (Phi) is 5.67. The number of amides is 1. The SMILES string of the molecule is O=C(CCNCc1ccncc1)NCc1ccccn1. The summed E-state index contributed by atoms with van der Waals surface area (Å²) in [6.45, 7) is 1.87. The first-order valence-corrected chi connectivity index (χ1v) is 6.61. The fourth-order valence-corrected chi connectivity index (χ4v) is 1.72. The lowest BCUT2D eigenvalue weighted by Crippen LogP contribution is -2.27. The van der Waals surface area contributed by atoms with Crippen LogP contribution in [0.15, 0.2) is 48.9 Å². The topological polar surface area (TPSA) is 66.9 Å². The molecule has 104 valence electrons. The van der Waals surface area contributed by atoms with Crippen LogP contribution in [0.4, 0.5) is 0 Å². The minimum Gasteiger partial charge on any atom is -0.350 e. The van der Waals surface area contributed by atoms with Crippen molar-refractivity contribution in [2.75, 3.05) is 6.54 Å². The molecule has 0 radical (unpaired) electrons. The minimum absolute atomic E-state index is 0.0258. The molecule has 5 heteroatoms. The molecule has 0 atom stereocenters. The van der Waals surface area contributed by atoms with Gasteiger partial charge in [0.15, 0.2) is 0 Å². The van der Waals surface area contributed by atoms with Gasteiger partial charge in [0.2, 0.25) is 5.91 Å². The normalized spacial score (nSPS) is 10.2. The summed E-state index contributed by atoms with van der Waals surface area (Å²) in [6, 6.07) is 9.56. The van der Waals surface area contributed by atoms with Gasteiger partial charge in [0.05, 0.1) is 12.2 Å². The van der Waals surface area contributed by atoms with Crippen molar-refractivity contribution in [2.45, 2.75) is 19.5 Å². The number of carbonyl (C=O) groups is 1. The Balaban J connectivity index is 1.59. The van der Waals surface area contributed by atoms with Crippen LogP contribution in [0.2, 0.25) is 0 Å². The number of hydrogen-bond acceptors (Lipinski definition) is 4. The highest BCUT2D eigenvalue weighted by Gasteiger charge is 2.01. The molecule has 0 aromatic carbocycles. The molecule has 0 saturated carbocycles. The van der Waals surface area contributed by atoms with E-state index in [9.17, 15) is 4.79 Å². The van der Waals surface area contributed by atoms with Crippen molar-refractivity contribution in [1.82, 2.24) is 20.6 Å². The molecule has 2 heterocycles. The molecule has 0 saturated heterocycles. The molecule has 20 heavy (non-hydrogen) atoms. The number of rotatable bonds is 7. The molecule has 0 unspecified atom stereocenters. The van der Waals surface area contributed by atoms with Crippen LogP contribution in [0, 0.1) is 0 Å². The van der Waals surface area contributed by atoms with Crippen molar-refractivity contribution in [3.63, 3.8) is 0 Å². The van der Waals surface area contributed by atoms with Gasteiger partial charge in [-0.15, -0.1) is 0 Å². The summed E-state index contributed by atoms with van der Waals surface area (Å²) in [6.07, 6.45) is 5.70. The first kappa shape index (κ1) is 14.1. The van der Waals surface area contributed by atoms with E-state index in [0.717, 1.165) is 17.8 Å². The van der Waals surface area contributed by atoms with E-state index in [1.54, 1.807) is 18.6 Å². The quantitative estimate of drug-likeness (QED) is 0.744. The van der Waals surface area contributed by atoms with Crippen molar-refractivity contribution in [2.24, 2.45) is 0 Å². The molecule has 1 amide bonds. The van der Waals surface area contributed by atoms with Gasteiger partial charge in [-0.1, -0.05) is 6.07 Å². The second-order valence-electron chi connectivity index (χ2n) is 4.38. The largest absolute Gasteiger partial charge is 0.350 e. The minimum atomic E-state index is 0.0258. The summed E-state index contributed by atoms with van der Waals surface area (Å²) < 4.78 is 0. The number of nitrogens with one attached hydrogen (secondary N) is 2. The lowest BCUT2D eigenvalue weighted by atomic mass is 10.2. The zero-order valence-electron chi connectivity index (χ0n) is 11.2. The van der Waals surface area contributed by atoms with E-state index in [1.807, 2.05) is 30.3 Å². The molecule has 0 spiro atoms. The first-order chi connectivity index (χ1) is 9.84. The van der Waals surface area contributed by atoms with Crippen LogP contribution < -0.4 is 10.6 Å². The number of nitrogens with zero attached hydrogens (tertiary/aromatic N) is 2. The van der Waals surface area contributed by atoms with Gasteiger partial charge in [-0.25, -0.2) is 0 Å². The molecule has 2 rings (SSSR count). The van der Waals surface area contributed by atoms with E-state index in [2.05, 4.69) is 20.6 Å². The van der Waals surface area contributed by atoms with Crippen molar-refractivity contribution < 1.29 is 4.79 Å². The van der Waals surface area contributed by atoms with Gasteiger partial charge in [0, 0.05) is 38.1 Å². The first-order valence-electron chi connectivity index (χ1n) is 6.61. The lowest BCUT2D eigenvalue weighted by Gasteiger charge is -2.06. The van der Waals surface area contributed by atoms with Crippen LogP contribution in [0.5, 0.6) is 0 Å². The zero-order chi connectivity index (χ0) is 14.0. The Bertz CT molecular complexity index is 516. The van der Waals surface area contributed by atoms with Crippen molar-refractivity contribution >= 4 is 5.91 Å². The number of carbonyl (C=O) groups excluding carboxylic acids is 1. The monoisotopic (exact) mass is 270 g/mol. The van der Waals surface area contributed by atoms with Gasteiger partial charge in [0.1, 0.15) is 0 Å². The molecule has 0 aliphatic heterocycles. The van der Waals surface area contributed by atoms with E-state index < -0.39 is 0 Å². The maximum absolute atomic E-state index is 11.6. The predicted octanol–water partition coefficient (Wildman–Crippen LogP) is 1.27. The lowest BCUT2D eigenvalue weighted by molar-refractivity contribution is -0.121. The average molecular weight is 270 g/mol. The van der Waals surface area contributed by atoms with E-state index in [1.165, 1.54) is 0 Å². The van der Waals surface area contributed by atoms with Crippen LogP contribution in [-0.4, -0.2) is 22.4 Å². The van der Waals surface area contributed by atoms with E-state index in [0.29, 0.717) is 19.5 Å². The number of pyridine rings is 2. The molecule has 0 aliphatic rings. The zero-order valence-corrected chi connectivity index (χ0v) is 11.2. The van der Waals surface area contributed by atoms with E-state index in [-0.39, 0.29) is 5.91 Å². The number of hydrogen-bond donors (Lipinski definition) is 2. The molecule has 5 nitrogen and oxygen atoms in total. The van der Waals surface area contributed by atoms with Crippen LogP contribution in [0.3, 0.4) is 0 Å². The molecule has 0 bridgehead atoms. The summed E-state index contributed by atoms with van der Waals surface area (Å²) in [5.74, 6) is 0.0258. The summed E-state index contributed by atoms with van der Waals surface area (Å²) in [4.78, 5) is 19.7. The van der Waals surface area contributed by atoms with Crippen LogP contribution in [0.25, 0.3) is 0 Å². The Morgan fingerprint density at radius 1 is 1.05 bits per heavy atom. The summed E-state index contributed by atoms with van der Waals surface area (Å²) in [5, 5.41) is 6.07. The van der Waals surface area contributed by atoms with Crippen LogP contribution >= 0.6 is 0 Å². The van der Waals surface area contributed by atoms with Gasteiger partial charge in [-0.2, -0.15) is 0 Å². The highest BCUT2D eigenvalue weighted by molar-refractivity contribution is 5.75. The van der Waals surface area contributed by atoms with Gasteiger partial charge in [0.25, 0.3) is 0 Å². The Morgan fingerprint density at radius 3 is 2.65 bits per heavy atom. The Labute approximate surface area is 118 Å². The Hall–Kier alpha value is -2.27. The third kappa shape index (κ3) is 5.16. The van der Waals surface area contributed by atoms with Crippen molar-refractivity contribution in [1.29, 1.82) is 0 Å². The molecular weight excluding hydrogens is 252 g/mol. The third-order valence-corrected chi connectivity index (χ3v) is 2.80. The molecule has 2 aromatic heterocycles. The van der Waals surface area contributed by atoms with Crippen molar-refractivity contribution in [3.8, 4) is 0 Å². The summed E-state index contributed by atoms with van der Waals surface area (Å²) >= 11 is 0. The fraction of sp³-hybridized carbons (Fsp3) is 0.267. The van der Waals surface area contributed by atoms with Crippen LogP contribution in [0.1, 0.15) is 17.7 Å². The second kappa shape index (κ2) is 8.01. The molecule has 0 aliphatic carbocycles. The predicted molar refractivity (Wildman–Crippen MR) is 76.6 cm³/mol. The average Bonchev–Trinajstić information content (AvgIpc) is 2.52.